The number of halogens is 1. The van der Waals surface area contributed by atoms with Crippen LogP contribution in [0.25, 0.3) is 0 Å². The van der Waals surface area contributed by atoms with Crippen molar-refractivity contribution in [2.24, 2.45) is 0 Å². The highest BCUT2D eigenvalue weighted by atomic mass is 19.1. The van der Waals surface area contributed by atoms with Crippen molar-refractivity contribution in [3.8, 4) is 0 Å². The van der Waals surface area contributed by atoms with Crippen molar-refractivity contribution in [3.05, 3.63) is 0 Å². The number of aliphatic hydroxyl groups excluding tert-OH is 1. The van der Waals surface area contributed by atoms with Crippen molar-refractivity contribution in [2.75, 3.05) is 0 Å². The topological polar surface area (TPSA) is 58.6 Å². The molecule has 2 N–H and O–H groups in total. The number of alkyl carbamates (subject to hydrolysis) is 1. The van der Waals surface area contributed by atoms with E-state index in [1.807, 2.05) is 0 Å². The second kappa shape index (κ2) is 4.99. The highest BCUT2D eigenvalue weighted by Crippen LogP contribution is 2.22. The van der Waals surface area contributed by atoms with E-state index in [2.05, 4.69) is 5.32 Å². The van der Waals surface area contributed by atoms with Crippen molar-refractivity contribution in [2.45, 2.75) is 64.0 Å². The fraction of sp³-hybridized carbons (Fsp3) is 0.909. The van der Waals surface area contributed by atoms with Gasteiger partial charge in [-0.15, -0.1) is 0 Å². The zero-order valence-corrected chi connectivity index (χ0v) is 10.00. The third kappa shape index (κ3) is 4.35. The van der Waals surface area contributed by atoms with Crippen LogP contribution in [0.1, 0.15) is 40.0 Å². The first-order chi connectivity index (χ1) is 7.28. The van der Waals surface area contributed by atoms with Gasteiger partial charge in [-0.25, -0.2) is 9.18 Å². The van der Waals surface area contributed by atoms with Crippen LogP contribution in [0, 0.1) is 0 Å². The van der Waals surface area contributed by atoms with E-state index in [0.717, 1.165) is 0 Å². The van der Waals surface area contributed by atoms with E-state index in [0.29, 0.717) is 12.8 Å². The molecule has 0 aromatic heterocycles. The molecule has 1 fully saturated rings. The summed E-state index contributed by atoms with van der Waals surface area (Å²) in [5.74, 6) is 0. The lowest BCUT2D eigenvalue weighted by atomic mass is 9.91. The first kappa shape index (κ1) is 13.2. The quantitative estimate of drug-likeness (QED) is 0.725. The van der Waals surface area contributed by atoms with Gasteiger partial charge in [-0.1, -0.05) is 0 Å². The van der Waals surface area contributed by atoms with E-state index >= 15 is 0 Å². The number of nitrogens with one attached hydrogen (secondary N) is 1. The first-order valence-electron chi connectivity index (χ1n) is 5.59. The molecule has 1 aliphatic carbocycles. The average molecular weight is 233 g/mol. The molecule has 0 aliphatic heterocycles. The van der Waals surface area contributed by atoms with Crippen LogP contribution in [-0.4, -0.2) is 35.1 Å². The largest absolute Gasteiger partial charge is 0.444 e. The molecule has 0 aromatic rings. The molecule has 3 atom stereocenters. The van der Waals surface area contributed by atoms with Crippen LogP contribution in [0.2, 0.25) is 0 Å². The van der Waals surface area contributed by atoms with E-state index < -0.39 is 30.0 Å². The minimum absolute atomic E-state index is 0.0838. The van der Waals surface area contributed by atoms with Gasteiger partial charge in [0.2, 0.25) is 0 Å². The van der Waals surface area contributed by atoms with E-state index in [1.54, 1.807) is 20.8 Å². The summed E-state index contributed by atoms with van der Waals surface area (Å²) in [5, 5.41) is 11.7. The smallest absolute Gasteiger partial charge is 0.407 e. The van der Waals surface area contributed by atoms with Crippen molar-refractivity contribution < 1.29 is 19.0 Å². The number of hydrogen-bond acceptors (Lipinski definition) is 3. The lowest BCUT2D eigenvalue weighted by Gasteiger charge is -2.30. The Labute approximate surface area is 95.2 Å². The second-order valence-electron chi connectivity index (χ2n) is 5.24. The van der Waals surface area contributed by atoms with Crippen LogP contribution in [0.3, 0.4) is 0 Å². The van der Waals surface area contributed by atoms with Gasteiger partial charge in [-0.2, -0.15) is 0 Å². The maximum absolute atomic E-state index is 13.5. The molecule has 1 rings (SSSR count). The van der Waals surface area contributed by atoms with Gasteiger partial charge in [0.25, 0.3) is 0 Å². The Kier molecular flexibility index (Phi) is 4.13. The lowest BCUT2D eigenvalue weighted by molar-refractivity contribution is 0.0325. The molecular weight excluding hydrogens is 213 g/mol. The zero-order chi connectivity index (χ0) is 12.3. The minimum Gasteiger partial charge on any atom is -0.444 e. The van der Waals surface area contributed by atoms with Crippen molar-refractivity contribution in [3.63, 3.8) is 0 Å². The van der Waals surface area contributed by atoms with Gasteiger partial charge in [0.1, 0.15) is 11.8 Å². The zero-order valence-electron chi connectivity index (χ0n) is 10.00. The molecule has 0 radical (unpaired) electrons. The number of amides is 1. The number of rotatable bonds is 1. The lowest BCUT2D eigenvalue weighted by Crippen LogP contribution is -2.47. The van der Waals surface area contributed by atoms with E-state index in [1.165, 1.54) is 0 Å². The SMILES string of the molecule is CC(C)(C)OC(=O)N[C@H]1CC[C@H](O)C[C@H]1F. The number of hydrogen-bond donors (Lipinski definition) is 2. The van der Waals surface area contributed by atoms with E-state index in [9.17, 15) is 14.3 Å². The fourth-order valence-corrected chi connectivity index (χ4v) is 1.72. The summed E-state index contributed by atoms with van der Waals surface area (Å²) in [6.07, 6.45) is -1.34. The molecule has 1 aliphatic rings. The third-order valence-electron chi connectivity index (χ3n) is 2.45. The molecule has 1 saturated carbocycles. The average Bonchev–Trinajstić information content (AvgIpc) is 2.06. The summed E-state index contributed by atoms with van der Waals surface area (Å²) >= 11 is 0. The second-order valence-corrected chi connectivity index (χ2v) is 5.24. The molecule has 0 bridgehead atoms. The Morgan fingerprint density at radius 2 is 2.06 bits per heavy atom. The Morgan fingerprint density at radius 1 is 1.44 bits per heavy atom. The predicted octanol–water partition coefficient (Wildman–Crippen LogP) is 1.76. The van der Waals surface area contributed by atoms with Crippen LogP contribution in [0.4, 0.5) is 9.18 Å². The number of carbonyl (C=O) groups is 1. The maximum Gasteiger partial charge on any atom is 0.407 e. The van der Waals surface area contributed by atoms with Crippen molar-refractivity contribution in [1.82, 2.24) is 5.32 Å². The molecule has 16 heavy (non-hydrogen) atoms. The molecular formula is C11H20FNO3. The Bertz CT molecular complexity index is 252. The summed E-state index contributed by atoms with van der Waals surface area (Å²) in [7, 11) is 0. The monoisotopic (exact) mass is 233 g/mol. The first-order valence-corrected chi connectivity index (χ1v) is 5.59. The summed E-state index contributed by atoms with van der Waals surface area (Å²) in [5.41, 5.74) is -0.579. The predicted molar refractivity (Wildman–Crippen MR) is 57.9 cm³/mol. The van der Waals surface area contributed by atoms with E-state index in [4.69, 9.17) is 4.74 Å². The van der Waals surface area contributed by atoms with Gasteiger partial charge < -0.3 is 15.2 Å². The molecule has 1 amide bonds. The summed E-state index contributed by atoms with van der Waals surface area (Å²) < 4.78 is 18.5. The molecule has 5 heteroatoms. The molecule has 0 spiro atoms. The Hall–Kier alpha value is -0.840. The highest BCUT2D eigenvalue weighted by Gasteiger charge is 2.31. The van der Waals surface area contributed by atoms with Crippen LogP contribution in [-0.2, 0) is 4.74 Å². The number of alkyl halides is 1. The number of ether oxygens (including phenoxy) is 1. The van der Waals surface area contributed by atoms with Crippen LogP contribution in [0.15, 0.2) is 0 Å². The van der Waals surface area contributed by atoms with Gasteiger partial charge in [-0.3, -0.25) is 0 Å². The van der Waals surface area contributed by atoms with Gasteiger partial charge in [0.15, 0.2) is 0 Å². The molecule has 4 nitrogen and oxygen atoms in total. The Morgan fingerprint density at radius 3 is 2.56 bits per heavy atom. The van der Waals surface area contributed by atoms with Gasteiger partial charge in [0.05, 0.1) is 12.1 Å². The van der Waals surface area contributed by atoms with Crippen LogP contribution < -0.4 is 5.32 Å². The molecule has 0 unspecified atom stereocenters. The van der Waals surface area contributed by atoms with Crippen molar-refractivity contribution >= 4 is 6.09 Å². The summed E-state index contributed by atoms with van der Waals surface area (Å²) in [6, 6.07) is -0.543. The summed E-state index contributed by atoms with van der Waals surface area (Å²) in [6.45, 7) is 5.26. The van der Waals surface area contributed by atoms with E-state index in [-0.39, 0.29) is 6.42 Å². The van der Waals surface area contributed by atoms with Crippen LogP contribution >= 0.6 is 0 Å². The van der Waals surface area contributed by atoms with Gasteiger partial charge in [-0.05, 0) is 33.6 Å². The molecule has 0 heterocycles. The number of carbonyl (C=O) groups excluding carboxylic acids is 1. The molecule has 94 valence electrons. The number of aliphatic hydroxyl groups is 1. The van der Waals surface area contributed by atoms with Gasteiger partial charge >= 0.3 is 6.09 Å². The highest BCUT2D eigenvalue weighted by molar-refractivity contribution is 5.68. The standard InChI is InChI=1S/C11H20FNO3/c1-11(2,3)16-10(15)13-9-5-4-7(14)6-8(9)12/h7-9,14H,4-6H2,1-3H3,(H,13,15)/t7-,8+,9-/m0/s1. The normalized spacial score (nSPS) is 30.9. The third-order valence-corrected chi connectivity index (χ3v) is 2.45. The minimum atomic E-state index is -1.20. The van der Waals surface area contributed by atoms with Gasteiger partial charge in [0, 0.05) is 6.42 Å². The summed E-state index contributed by atoms with van der Waals surface area (Å²) in [4.78, 5) is 11.4. The molecule has 0 saturated heterocycles. The van der Waals surface area contributed by atoms with Crippen molar-refractivity contribution in [1.29, 1.82) is 0 Å². The van der Waals surface area contributed by atoms with Crippen LogP contribution in [0.5, 0.6) is 0 Å². The fourth-order valence-electron chi connectivity index (χ4n) is 1.72. The molecule has 0 aromatic carbocycles. The Balaban J connectivity index is 2.39. The maximum atomic E-state index is 13.5.